The topological polar surface area (TPSA) is 72.1 Å². The van der Waals surface area contributed by atoms with Crippen molar-refractivity contribution in [3.63, 3.8) is 0 Å². The molecule has 3 aromatic rings. The Morgan fingerprint density at radius 1 is 1.12 bits per heavy atom. The van der Waals surface area contributed by atoms with Crippen LogP contribution >= 0.6 is 34.8 Å². The molecule has 0 radical (unpaired) electrons. The van der Waals surface area contributed by atoms with Crippen molar-refractivity contribution in [3.8, 4) is 11.5 Å². The number of anilines is 1. The summed E-state index contributed by atoms with van der Waals surface area (Å²) in [5, 5.41) is 11.1. The molecule has 0 atom stereocenters. The van der Waals surface area contributed by atoms with E-state index in [1.807, 2.05) is 6.07 Å². The van der Waals surface area contributed by atoms with Gasteiger partial charge in [0.25, 0.3) is 0 Å². The zero-order chi connectivity index (χ0) is 18.5. The number of aromatic amines is 1. The van der Waals surface area contributed by atoms with Gasteiger partial charge in [-0.15, -0.1) is 0 Å². The van der Waals surface area contributed by atoms with E-state index < -0.39 is 0 Å². The van der Waals surface area contributed by atoms with Crippen LogP contribution in [-0.4, -0.2) is 22.3 Å². The van der Waals surface area contributed by atoms with E-state index in [1.54, 1.807) is 31.4 Å². The summed E-state index contributed by atoms with van der Waals surface area (Å²) in [7, 11) is 1.55. The van der Waals surface area contributed by atoms with Crippen molar-refractivity contribution < 1.29 is 9.47 Å². The first kappa shape index (κ1) is 18.6. The Morgan fingerprint density at radius 3 is 2.54 bits per heavy atom. The monoisotopic (exact) mass is 412 g/mol. The molecule has 0 saturated carbocycles. The first-order chi connectivity index (χ1) is 12.6. The lowest BCUT2D eigenvalue weighted by Crippen LogP contribution is -2.04. The Bertz CT molecular complexity index is 868. The number of nitrogens with zero attached hydrogens (tertiary/aromatic N) is 2. The highest BCUT2D eigenvalue weighted by Crippen LogP contribution is 2.38. The van der Waals surface area contributed by atoms with Crippen LogP contribution in [0, 0.1) is 0 Å². The summed E-state index contributed by atoms with van der Waals surface area (Å²) in [6.07, 6.45) is 1.42. The zero-order valence-electron chi connectivity index (χ0n) is 13.7. The molecule has 0 unspecified atom stereocenters. The van der Waals surface area contributed by atoms with Crippen molar-refractivity contribution in [3.05, 3.63) is 62.9 Å². The number of H-pyrrole nitrogens is 1. The fourth-order valence-electron chi connectivity index (χ4n) is 2.31. The Labute approximate surface area is 165 Å². The van der Waals surface area contributed by atoms with Gasteiger partial charge in [-0.05, 0) is 29.8 Å². The number of ether oxygens (including phenoxy) is 2. The van der Waals surface area contributed by atoms with Crippen molar-refractivity contribution in [2.24, 2.45) is 0 Å². The molecule has 0 spiro atoms. The molecule has 0 aliphatic carbocycles. The molecule has 1 heterocycles. The minimum absolute atomic E-state index is 0.171. The number of hydrogen-bond donors (Lipinski definition) is 2. The quantitative estimate of drug-likeness (QED) is 0.572. The van der Waals surface area contributed by atoms with Crippen molar-refractivity contribution in [2.75, 3.05) is 12.4 Å². The molecular weight excluding hydrogens is 399 g/mol. The van der Waals surface area contributed by atoms with E-state index >= 15 is 0 Å². The summed E-state index contributed by atoms with van der Waals surface area (Å²) in [6, 6.07) is 8.90. The lowest BCUT2D eigenvalue weighted by Gasteiger charge is -2.15. The van der Waals surface area contributed by atoms with Crippen LogP contribution < -0.4 is 14.8 Å². The fraction of sp³-hybridized carbons (Fsp3) is 0.176. The largest absolute Gasteiger partial charge is 0.493 e. The van der Waals surface area contributed by atoms with Crippen LogP contribution in [0.1, 0.15) is 11.1 Å². The van der Waals surface area contributed by atoms with Crippen LogP contribution in [0.4, 0.5) is 5.95 Å². The van der Waals surface area contributed by atoms with Crippen LogP contribution in [0.2, 0.25) is 15.1 Å². The number of hydrogen-bond acceptors (Lipinski definition) is 5. The van der Waals surface area contributed by atoms with Crippen molar-refractivity contribution >= 4 is 40.8 Å². The Kier molecular flexibility index (Phi) is 6.08. The van der Waals surface area contributed by atoms with Crippen LogP contribution in [0.5, 0.6) is 11.5 Å². The number of nitrogens with one attached hydrogen (secondary N) is 2. The van der Waals surface area contributed by atoms with Gasteiger partial charge in [-0.1, -0.05) is 40.9 Å². The zero-order valence-corrected chi connectivity index (χ0v) is 16.0. The maximum Gasteiger partial charge on any atom is 0.218 e. The predicted molar refractivity (Wildman–Crippen MR) is 103 cm³/mol. The maximum atomic E-state index is 6.39. The maximum absolute atomic E-state index is 6.39. The van der Waals surface area contributed by atoms with Crippen molar-refractivity contribution in [1.29, 1.82) is 0 Å². The van der Waals surface area contributed by atoms with Gasteiger partial charge in [0.1, 0.15) is 12.9 Å². The van der Waals surface area contributed by atoms with Gasteiger partial charge >= 0.3 is 0 Å². The molecule has 0 fully saturated rings. The molecule has 0 bridgehead atoms. The van der Waals surface area contributed by atoms with Gasteiger partial charge in [-0.2, -0.15) is 5.10 Å². The molecule has 9 heteroatoms. The Morgan fingerprint density at radius 2 is 1.88 bits per heavy atom. The first-order valence-corrected chi connectivity index (χ1v) is 8.73. The molecular formula is C17H15Cl3N4O2. The van der Waals surface area contributed by atoms with Gasteiger partial charge in [0.2, 0.25) is 5.95 Å². The summed E-state index contributed by atoms with van der Waals surface area (Å²) < 4.78 is 11.3. The third-order valence-electron chi connectivity index (χ3n) is 3.59. The van der Waals surface area contributed by atoms with Gasteiger partial charge in [0.05, 0.1) is 12.1 Å². The van der Waals surface area contributed by atoms with E-state index in [0.29, 0.717) is 44.6 Å². The van der Waals surface area contributed by atoms with E-state index in [-0.39, 0.29) is 6.61 Å². The minimum atomic E-state index is 0.171. The predicted octanol–water partition coefficient (Wildman–Crippen LogP) is 4.96. The number of aromatic nitrogens is 3. The van der Waals surface area contributed by atoms with Gasteiger partial charge in [-0.3, -0.25) is 0 Å². The summed E-state index contributed by atoms with van der Waals surface area (Å²) in [5.41, 5.74) is 1.58. The van der Waals surface area contributed by atoms with Crippen molar-refractivity contribution in [1.82, 2.24) is 15.2 Å². The molecule has 136 valence electrons. The average molecular weight is 414 g/mol. The van der Waals surface area contributed by atoms with E-state index in [4.69, 9.17) is 44.3 Å². The normalized spacial score (nSPS) is 10.6. The molecule has 2 aromatic carbocycles. The molecule has 3 rings (SSSR count). The average Bonchev–Trinajstić information content (AvgIpc) is 3.14. The summed E-state index contributed by atoms with van der Waals surface area (Å²) >= 11 is 18.7. The van der Waals surface area contributed by atoms with Crippen molar-refractivity contribution in [2.45, 2.75) is 13.2 Å². The number of methoxy groups -OCH3 is 1. The standard InChI is InChI=1S/C17H15Cl3N4O2/c1-25-15-6-10(7-21-17-22-9-23-24-17)5-14(20)16(15)26-8-11-12(18)3-2-4-13(11)19/h2-6,9H,7-8H2,1H3,(H2,21,22,23,24). The molecule has 0 saturated heterocycles. The van der Waals surface area contributed by atoms with E-state index in [1.165, 1.54) is 6.33 Å². The van der Waals surface area contributed by atoms with Crippen LogP contribution in [0.25, 0.3) is 0 Å². The minimum Gasteiger partial charge on any atom is -0.493 e. The van der Waals surface area contributed by atoms with Crippen LogP contribution in [0.15, 0.2) is 36.7 Å². The highest BCUT2D eigenvalue weighted by Gasteiger charge is 2.14. The van der Waals surface area contributed by atoms with Gasteiger partial charge in [-0.25, -0.2) is 10.1 Å². The van der Waals surface area contributed by atoms with Gasteiger partial charge in [0.15, 0.2) is 11.5 Å². The first-order valence-electron chi connectivity index (χ1n) is 7.60. The van der Waals surface area contributed by atoms with E-state index in [9.17, 15) is 0 Å². The van der Waals surface area contributed by atoms with E-state index in [2.05, 4.69) is 20.5 Å². The molecule has 0 aliphatic heterocycles. The smallest absolute Gasteiger partial charge is 0.218 e. The molecule has 2 N–H and O–H groups in total. The third-order valence-corrected chi connectivity index (χ3v) is 4.58. The SMILES string of the molecule is COc1cc(CNc2ncn[nH]2)cc(Cl)c1OCc1c(Cl)cccc1Cl. The third kappa shape index (κ3) is 4.33. The number of halogens is 3. The van der Waals surface area contributed by atoms with E-state index in [0.717, 1.165) is 5.56 Å². The Hall–Kier alpha value is -2.15. The molecule has 1 aromatic heterocycles. The fourth-order valence-corrected chi connectivity index (χ4v) is 3.10. The second-order valence-corrected chi connectivity index (χ2v) is 6.51. The van der Waals surface area contributed by atoms with Crippen LogP contribution in [0.3, 0.4) is 0 Å². The second kappa shape index (κ2) is 8.49. The summed E-state index contributed by atoms with van der Waals surface area (Å²) in [5.74, 6) is 1.50. The Balaban J connectivity index is 1.76. The molecule has 26 heavy (non-hydrogen) atoms. The van der Waals surface area contributed by atoms with Gasteiger partial charge in [0, 0.05) is 22.2 Å². The lowest BCUT2D eigenvalue weighted by molar-refractivity contribution is 0.284. The summed E-state index contributed by atoms with van der Waals surface area (Å²) in [6.45, 7) is 0.659. The second-order valence-electron chi connectivity index (χ2n) is 5.29. The highest BCUT2D eigenvalue weighted by atomic mass is 35.5. The molecule has 6 nitrogen and oxygen atoms in total. The van der Waals surface area contributed by atoms with Gasteiger partial charge < -0.3 is 14.8 Å². The van der Waals surface area contributed by atoms with Crippen LogP contribution in [-0.2, 0) is 13.2 Å². The summed E-state index contributed by atoms with van der Waals surface area (Å²) in [4.78, 5) is 4.00. The number of benzene rings is 2. The highest BCUT2D eigenvalue weighted by molar-refractivity contribution is 6.36. The molecule has 0 amide bonds. The number of rotatable bonds is 7. The molecule has 0 aliphatic rings. The lowest BCUT2D eigenvalue weighted by atomic mass is 10.2.